The molecule has 0 bridgehead atoms. The molecule has 1 aromatic heterocycles. The summed E-state index contributed by atoms with van der Waals surface area (Å²) in [5.41, 5.74) is 1.000. The van der Waals surface area contributed by atoms with Crippen LogP contribution in [0.3, 0.4) is 0 Å². The summed E-state index contributed by atoms with van der Waals surface area (Å²) in [6.07, 6.45) is 2.65. The predicted molar refractivity (Wildman–Crippen MR) is 112 cm³/mol. The monoisotopic (exact) mass is 444 g/mol. The maximum Gasteiger partial charge on any atom is 0.357 e. The number of nitrogens with one attached hydrogen (secondary N) is 1. The number of halogens is 2. The number of amides is 2. The molecule has 0 radical (unpaired) electrons. The van der Waals surface area contributed by atoms with Gasteiger partial charge in [-0.3, -0.25) is 14.2 Å². The molecule has 0 aliphatic carbocycles. The van der Waals surface area contributed by atoms with E-state index in [0.29, 0.717) is 16.4 Å². The van der Waals surface area contributed by atoms with Gasteiger partial charge in [-0.15, -0.1) is 0 Å². The van der Waals surface area contributed by atoms with E-state index in [1.807, 2.05) is 0 Å². The van der Waals surface area contributed by atoms with E-state index >= 15 is 0 Å². The molecule has 0 spiro atoms. The lowest BCUT2D eigenvalue weighted by molar-refractivity contribution is -0.136. The van der Waals surface area contributed by atoms with Crippen molar-refractivity contribution >= 4 is 35.1 Å². The molecule has 1 heterocycles. The minimum atomic E-state index is -0.788. The Balaban J connectivity index is 1.54. The van der Waals surface area contributed by atoms with Crippen LogP contribution in [-0.4, -0.2) is 52.4 Å². The lowest BCUT2D eigenvalue weighted by Gasteiger charge is -2.17. The van der Waals surface area contributed by atoms with Gasteiger partial charge in [0.15, 0.2) is 12.3 Å². The molecule has 31 heavy (non-hydrogen) atoms. The number of carbonyl (C=O) groups is 3. The minimum Gasteiger partial charge on any atom is -0.451 e. The number of ether oxygens (including phenoxy) is 1. The van der Waals surface area contributed by atoms with Crippen LogP contribution in [-0.2, 0) is 14.3 Å². The number of esters is 1. The standard InChI is InChI=1S/C21H18ClFN4O4/c1-26(11-19(28)25-17-5-3-2-4-16(17)22)20(29)12-31-21(30)18-10-24-13-27(18)15-8-6-14(23)7-9-15/h2-10,13H,11-12H2,1H3,(H,25,28). The molecule has 2 aromatic carbocycles. The Bertz CT molecular complexity index is 1100. The molecule has 160 valence electrons. The summed E-state index contributed by atoms with van der Waals surface area (Å²) in [6, 6.07) is 12.1. The number of hydrogen-bond donors (Lipinski definition) is 1. The van der Waals surface area contributed by atoms with Gasteiger partial charge in [0.1, 0.15) is 5.82 Å². The molecule has 0 aliphatic rings. The van der Waals surface area contributed by atoms with E-state index in [2.05, 4.69) is 10.3 Å². The van der Waals surface area contributed by atoms with E-state index < -0.39 is 30.2 Å². The molecule has 0 fully saturated rings. The van der Waals surface area contributed by atoms with Gasteiger partial charge in [0.25, 0.3) is 5.91 Å². The third-order valence-corrected chi connectivity index (χ3v) is 4.56. The Labute approximate surface area is 182 Å². The number of aromatic nitrogens is 2. The SMILES string of the molecule is CN(CC(=O)Nc1ccccc1Cl)C(=O)COC(=O)c1cncn1-c1ccc(F)cc1. The van der Waals surface area contributed by atoms with Crippen molar-refractivity contribution in [2.45, 2.75) is 0 Å². The average molecular weight is 445 g/mol. The zero-order valence-corrected chi connectivity index (χ0v) is 17.2. The summed E-state index contributed by atoms with van der Waals surface area (Å²) in [5.74, 6) is -2.23. The number of hydrogen-bond acceptors (Lipinski definition) is 5. The second-order valence-electron chi connectivity index (χ2n) is 6.48. The summed E-state index contributed by atoms with van der Waals surface area (Å²) < 4.78 is 19.6. The first kappa shape index (κ1) is 22.0. The number of nitrogens with zero attached hydrogens (tertiary/aromatic N) is 3. The fourth-order valence-corrected chi connectivity index (χ4v) is 2.80. The largest absolute Gasteiger partial charge is 0.451 e. The Kier molecular flexibility index (Phi) is 6.99. The fourth-order valence-electron chi connectivity index (χ4n) is 2.62. The average Bonchev–Trinajstić information content (AvgIpc) is 3.24. The zero-order valence-electron chi connectivity index (χ0n) is 16.4. The van der Waals surface area contributed by atoms with Crippen molar-refractivity contribution in [3.63, 3.8) is 0 Å². The van der Waals surface area contributed by atoms with Crippen molar-refractivity contribution in [2.24, 2.45) is 0 Å². The molecule has 0 aliphatic heterocycles. The molecular formula is C21H18ClFN4O4. The first-order valence-electron chi connectivity index (χ1n) is 9.09. The third kappa shape index (κ3) is 5.67. The molecule has 0 saturated heterocycles. The van der Waals surface area contributed by atoms with Gasteiger partial charge in [0.05, 0.1) is 29.8 Å². The number of anilines is 1. The molecule has 2 amide bonds. The molecular weight excluding hydrogens is 427 g/mol. The van der Waals surface area contributed by atoms with Crippen molar-refractivity contribution < 1.29 is 23.5 Å². The van der Waals surface area contributed by atoms with Gasteiger partial charge >= 0.3 is 5.97 Å². The molecule has 1 N–H and O–H groups in total. The van der Waals surface area contributed by atoms with E-state index in [0.717, 1.165) is 4.90 Å². The smallest absolute Gasteiger partial charge is 0.357 e. The number of likely N-dealkylation sites (N-methyl/N-ethyl adjacent to an activating group) is 1. The Hall–Kier alpha value is -3.72. The second-order valence-corrected chi connectivity index (χ2v) is 6.89. The van der Waals surface area contributed by atoms with Crippen LogP contribution >= 0.6 is 11.6 Å². The Morgan fingerprint density at radius 1 is 1.16 bits per heavy atom. The maximum absolute atomic E-state index is 13.1. The number of para-hydroxylation sites is 1. The molecule has 0 atom stereocenters. The van der Waals surface area contributed by atoms with Crippen molar-refractivity contribution in [1.82, 2.24) is 14.5 Å². The summed E-state index contributed by atoms with van der Waals surface area (Å²) in [7, 11) is 1.41. The normalized spacial score (nSPS) is 10.4. The highest BCUT2D eigenvalue weighted by Crippen LogP contribution is 2.20. The highest BCUT2D eigenvalue weighted by Gasteiger charge is 2.19. The summed E-state index contributed by atoms with van der Waals surface area (Å²) in [4.78, 5) is 41.8. The van der Waals surface area contributed by atoms with Gasteiger partial charge in [0, 0.05) is 12.7 Å². The fraction of sp³-hybridized carbons (Fsp3) is 0.143. The van der Waals surface area contributed by atoms with Crippen LogP contribution in [0.4, 0.5) is 10.1 Å². The van der Waals surface area contributed by atoms with Gasteiger partial charge in [0.2, 0.25) is 5.91 Å². The number of imidazole rings is 1. The van der Waals surface area contributed by atoms with E-state index in [1.54, 1.807) is 24.3 Å². The number of benzene rings is 2. The Morgan fingerprint density at radius 3 is 2.58 bits per heavy atom. The summed E-state index contributed by atoms with van der Waals surface area (Å²) in [6.45, 7) is -0.821. The summed E-state index contributed by atoms with van der Waals surface area (Å²) >= 11 is 5.99. The van der Waals surface area contributed by atoms with E-state index in [1.165, 1.54) is 48.4 Å². The topological polar surface area (TPSA) is 93.5 Å². The van der Waals surface area contributed by atoms with Gasteiger partial charge in [-0.2, -0.15) is 0 Å². The molecule has 3 rings (SSSR count). The van der Waals surface area contributed by atoms with Crippen molar-refractivity contribution in [2.75, 3.05) is 25.5 Å². The van der Waals surface area contributed by atoms with E-state index in [4.69, 9.17) is 16.3 Å². The van der Waals surface area contributed by atoms with Crippen LogP contribution in [0.5, 0.6) is 0 Å². The van der Waals surface area contributed by atoms with Gasteiger partial charge < -0.3 is 15.0 Å². The highest BCUT2D eigenvalue weighted by molar-refractivity contribution is 6.33. The molecule has 0 saturated carbocycles. The Morgan fingerprint density at radius 2 is 1.87 bits per heavy atom. The lowest BCUT2D eigenvalue weighted by Crippen LogP contribution is -2.37. The van der Waals surface area contributed by atoms with Crippen molar-refractivity contribution in [1.29, 1.82) is 0 Å². The highest BCUT2D eigenvalue weighted by atomic mass is 35.5. The van der Waals surface area contributed by atoms with Gasteiger partial charge in [-0.05, 0) is 36.4 Å². The lowest BCUT2D eigenvalue weighted by atomic mass is 10.3. The summed E-state index contributed by atoms with van der Waals surface area (Å²) in [5, 5.41) is 2.97. The van der Waals surface area contributed by atoms with Crippen LogP contribution in [0.25, 0.3) is 5.69 Å². The molecule has 8 nitrogen and oxygen atoms in total. The van der Waals surface area contributed by atoms with Crippen LogP contribution in [0.2, 0.25) is 5.02 Å². The molecule has 10 heteroatoms. The zero-order chi connectivity index (χ0) is 22.4. The van der Waals surface area contributed by atoms with Crippen LogP contribution in [0.1, 0.15) is 10.5 Å². The maximum atomic E-state index is 13.1. The van der Waals surface area contributed by atoms with Crippen LogP contribution in [0, 0.1) is 5.82 Å². The van der Waals surface area contributed by atoms with Gasteiger partial charge in [-0.1, -0.05) is 23.7 Å². The quantitative estimate of drug-likeness (QED) is 0.565. The first-order valence-corrected chi connectivity index (χ1v) is 9.46. The third-order valence-electron chi connectivity index (χ3n) is 4.23. The van der Waals surface area contributed by atoms with Crippen molar-refractivity contribution in [3.8, 4) is 5.69 Å². The number of rotatable bonds is 7. The van der Waals surface area contributed by atoms with E-state index in [9.17, 15) is 18.8 Å². The first-order chi connectivity index (χ1) is 14.8. The van der Waals surface area contributed by atoms with Crippen LogP contribution < -0.4 is 5.32 Å². The second kappa shape index (κ2) is 9.86. The van der Waals surface area contributed by atoms with Crippen LogP contribution in [0.15, 0.2) is 61.1 Å². The molecule has 0 unspecified atom stereocenters. The number of carbonyl (C=O) groups excluding carboxylic acids is 3. The van der Waals surface area contributed by atoms with E-state index in [-0.39, 0.29) is 12.2 Å². The van der Waals surface area contributed by atoms with Crippen molar-refractivity contribution in [3.05, 3.63) is 77.6 Å². The van der Waals surface area contributed by atoms with Gasteiger partial charge in [-0.25, -0.2) is 14.2 Å². The molecule has 3 aromatic rings. The predicted octanol–water partition coefficient (Wildman–Crippen LogP) is 2.92. The minimum absolute atomic E-state index is 0.0681.